The van der Waals surface area contributed by atoms with E-state index in [1.807, 2.05) is 55.4 Å². The smallest absolute Gasteiger partial charge is 0.319 e. The van der Waals surface area contributed by atoms with Crippen LogP contribution in [0.15, 0.2) is 36.4 Å². The van der Waals surface area contributed by atoms with E-state index < -0.39 is 24.3 Å². The molecule has 1 heterocycles. The fraction of sp³-hybridized carbons (Fsp3) is 0.634. The van der Waals surface area contributed by atoms with Crippen molar-refractivity contribution in [1.29, 1.82) is 0 Å². The quantitative estimate of drug-likeness (QED) is 0.100. The number of ether oxygens (including phenoxy) is 3. The number of benzene rings is 2. The molecule has 8 atom stereocenters. The number of anilines is 1. The van der Waals surface area contributed by atoms with Crippen molar-refractivity contribution in [3.8, 4) is 16.9 Å². The maximum absolute atomic E-state index is 13.4. The number of hydrogen-bond donors (Lipinski definition) is 4. The Morgan fingerprint density at radius 1 is 1.11 bits per heavy atom. The molecule has 4 aliphatic rings. The van der Waals surface area contributed by atoms with E-state index in [2.05, 4.69) is 36.7 Å². The van der Waals surface area contributed by atoms with Gasteiger partial charge >= 0.3 is 5.97 Å². The van der Waals surface area contributed by atoms with E-state index in [1.54, 1.807) is 33.1 Å². The van der Waals surface area contributed by atoms with Crippen LogP contribution < -0.4 is 25.6 Å². The van der Waals surface area contributed by atoms with Gasteiger partial charge in [-0.3, -0.25) is 24.5 Å². The number of aliphatic hydroxyl groups is 1. The number of hydroxylamine groups is 2. The lowest BCUT2D eigenvalue weighted by Gasteiger charge is -2.62. The van der Waals surface area contributed by atoms with Gasteiger partial charge in [-0.1, -0.05) is 39.0 Å². The van der Waals surface area contributed by atoms with E-state index >= 15 is 0 Å². The fourth-order valence-electron chi connectivity index (χ4n) is 9.00. The highest BCUT2D eigenvalue weighted by Crippen LogP contribution is 2.61. The van der Waals surface area contributed by atoms with Gasteiger partial charge in [-0.15, -0.1) is 0 Å². The second kappa shape index (κ2) is 17.9. The molecule has 298 valence electrons. The second-order valence-electron chi connectivity index (χ2n) is 15.8. The molecule has 2 aromatic carbocycles. The van der Waals surface area contributed by atoms with E-state index in [0.717, 1.165) is 28.8 Å². The highest BCUT2D eigenvalue weighted by atomic mass is 16.7. The predicted octanol–water partition coefficient (Wildman–Crippen LogP) is 3.63. The molecule has 2 bridgehead atoms. The zero-order valence-electron chi connectivity index (χ0n) is 33.4. The maximum Gasteiger partial charge on any atom is 0.319 e. The average molecular weight is 752 g/mol. The number of fused-ring (bicyclic) bond motifs is 2. The summed E-state index contributed by atoms with van der Waals surface area (Å²) < 4.78 is 17.2. The topological polar surface area (TPSA) is 151 Å². The number of ketones is 1. The molecule has 4 N–H and O–H groups in total. The summed E-state index contributed by atoms with van der Waals surface area (Å²) in [6.07, 6.45) is 1.04. The molecule has 4 fully saturated rings. The number of aliphatic hydroxyl groups excluding tert-OH is 1. The number of carbonyl (C=O) groups excluding carboxylic acids is 3. The number of nitrogens with one attached hydrogen (secondary N) is 3. The minimum atomic E-state index is -0.726. The standard InChI is InChI=1S/C41H61N5O8/c1-10-53-35(49)21-42-14-15-43-39(50)28-16-27(17-30(18-28)45(6)7)31-13-11-12-26(38(31)51-8)22-46-37(36(25(3)48)34(23-47)54-46)40(52-9)44-33-20-29-19-32(24(33)2)41(29,4)5/h11-13,16-18,24,29,32-34,36-37,40,42,44,47H,10,14-15,19-23H2,1-9H3,(H,43,50)/t24-,29?,32-,33-,34-,36+,37-,40?/m0/s1. The third kappa shape index (κ3) is 8.77. The third-order valence-electron chi connectivity index (χ3n) is 12.1. The molecule has 13 heteroatoms. The average Bonchev–Trinajstić information content (AvgIpc) is 3.51. The molecule has 1 aliphatic heterocycles. The summed E-state index contributed by atoms with van der Waals surface area (Å²) in [6.45, 7) is 11.4. The largest absolute Gasteiger partial charge is 0.496 e. The van der Waals surface area contributed by atoms with Crippen LogP contribution in [0.4, 0.5) is 5.69 Å². The molecular formula is C41H61N5O8. The Hall–Kier alpha value is -3.59. The third-order valence-corrected chi connectivity index (χ3v) is 12.1. The number of esters is 1. The van der Waals surface area contributed by atoms with Crippen molar-refractivity contribution in [2.45, 2.75) is 78.4 Å². The number of rotatable bonds is 18. The van der Waals surface area contributed by atoms with Crippen LogP contribution in [0.1, 0.15) is 63.4 Å². The molecule has 6 rings (SSSR count). The van der Waals surface area contributed by atoms with E-state index in [-0.39, 0.29) is 43.4 Å². The minimum absolute atomic E-state index is 0.0705. The van der Waals surface area contributed by atoms with Crippen LogP contribution in [0.25, 0.3) is 11.1 Å². The molecule has 54 heavy (non-hydrogen) atoms. The van der Waals surface area contributed by atoms with Gasteiger partial charge in [-0.05, 0) is 73.6 Å². The van der Waals surface area contributed by atoms with Gasteiger partial charge in [0.25, 0.3) is 5.91 Å². The Morgan fingerprint density at radius 2 is 1.87 bits per heavy atom. The lowest BCUT2D eigenvalue weighted by molar-refractivity contribution is -0.197. The molecule has 13 nitrogen and oxygen atoms in total. The first-order valence-electron chi connectivity index (χ1n) is 19.2. The van der Waals surface area contributed by atoms with Gasteiger partial charge in [-0.25, -0.2) is 0 Å². The number of carbonyl (C=O) groups is 3. The molecule has 0 spiro atoms. The van der Waals surface area contributed by atoms with Gasteiger partial charge in [0.05, 0.1) is 45.4 Å². The van der Waals surface area contributed by atoms with Crippen molar-refractivity contribution in [2.24, 2.45) is 29.1 Å². The number of Topliss-reactive ketones (excluding diaryl/α,β-unsaturated/α-hetero) is 1. The number of hydrogen-bond acceptors (Lipinski definition) is 12. The van der Waals surface area contributed by atoms with Crippen molar-refractivity contribution < 1.29 is 38.5 Å². The monoisotopic (exact) mass is 751 g/mol. The Bertz CT molecular complexity index is 1630. The van der Waals surface area contributed by atoms with Crippen LogP contribution in [0.5, 0.6) is 5.75 Å². The van der Waals surface area contributed by atoms with Crippen LogP contribution in [0, 0.1) is 29.1 Å². The first-order chi connectivity index (χ1) is 25.7. The van der Waals surface area contributed by atoms with E-state index in [1.165, 1.54) is 6.42 Å². The molecule has 3 saturated carbocycles. The van der Waals surface area contributed by atoms with Crippen LogP contribution in [0.2, 0.25) is 0 Å². The summed E-state index contributed by atoms with van der Waals surface area (Å²) in [5.41, 5.74) is 3.99. The lowest BCUT2D eigenvalue weighted by atomic mass is 9.44. The molecule has 1 saturated heterocycles. The van der Waals surface area contributed by atoms with Crippen LogP contribution >= 0.6 is 0 Å². The zero-order chi connectivity index (χ0) is 39.3. The normalized spacial score (nSPS) is 26.4. The number of methoxy groups -OCH3 is 2. The SMILES string of the molecule is CCOC(=O)CNCCNC(=O)c1cc(-c2cccc(CN3O[C@@H](CO)[C@@H](C(C)=O)[C@H]3C(N[C@H]3CC4C[C@@H]([C@@H]3C)C4(C)C)OC)c2OC)cc(N(C)C)c1. The number of para-hydroxylation sites is 1. The molecule has 2 aromatic rings. The van der Waals surface area contributed by atoms with Crippen LogP contribution in [0.3, 0.4) is 0 Å². The Balaban J connectivity index is 1.40. The molecule has 0 radical (unpaired) electrons. The Kier molecular flexibility index (Phi) is 13.8. The van der Waals surface area contributed by atoms with Gasteiger partial charge < -0.3 is 34.9 Å². The summed E-state index contributed by atoms with van der Waals surface area (Å²) in [4.78, 5) is 46.6. The van der Waals surface area contributed by atoms with E-state index in [9.17, 15) is 19.5 Å². The highest BCUT2D eigenvalue weighted by Gasteiger charge is 2.57. The molecule has 0 aromatic heterocycles. The number of amides is 1. The summed E-state index contributed by atoms with van der Waals surface area (Å²) in [5.74, 6) is 1.02. The first-order valence-corrected chi connectivity index (χ1v) is 19.2. The predicted molar refractivity (Wildman–Crippen MR) is 207 cm³/mol. The van der Waals surface area contributed by atoms with Crippen molar-refractivity contribution in [2.75, 3.05) is 66.1 Å². The lowest BCUT2D eigenvalue weighted by Crippen LogP contribution is -2.63. The first kappa shape index (κ1) is 41.6. The second-order valence-corrected chi connectivity index (χ2v) is 15.8. The van der Waals surface area contributed by atoms with Gasteiger partial charge in [0.2, 0.25) is 0 Å². The van der Waals surface area contributed by atoms with Crippen LogP contribution in [-0.2, 0) is 30.4 Å². The van der Waals surface area contributed by atoms with Gasteiger partial charge in [0, 0.05) is 62.7 Å². The maximum atomic E-state index is 13.4. The van der Waals surface area contributed by atoms with Gasteiger partial charge in [0.15, 0.2) is 0 Å². The Labute approximate surface area is 320 Å². The minimum Gasteiger partial charge on any atom is -0.496 e. The summed E-state index contributed by atoms with van der Waals surface area (Å²) >= 11 is 0. The van der Waals surface area contributed by atoms with E-state index in [4.69, 9.17) is 19.0 Å². The molecule has 1 amide bonds. The molecule has 3 aliphatic carbocycles. The molecular weight excluding hydrogens is 690 g/mol. The van der Waals surface area contributed by atoms with Gasteiger partial charge in [-0.2, -0.15) is 5.06 Å². The highest BCUT2D eigenvalue weighted by molar-refractivity contribution is 5.97. The van der Waals surface area contributed by atoms with Crippen LogP contribution in [-0.4, -0.2) is 113 Å². The Morgan fingerprint density at radius 3 is 2.48 bits per heavy atom. The van der Waals surface area contributed by atoms with Crippen molar-refractivity contribution in [3.63, 3.8) is 0 Å². The summed E-state index contributed by atoms with van der Waals surface area (Å²) in [7, 11) is 7.10. The zero-order valence-corrected chi connectivity index (χ0v) is 33.4. The van der Waals surface area contributed by atoms with Crippen molar-refractivity contribution >= 4 is 23.3 Å². The summed E-state index contributed by atoms with van der Waals surface area (Å²) in [6, 6.07) is 11.2. The fourth-order valence-corrected chi connectivity index (χ4v) is 9.00. The van der Waals surface area contributed by atoms with Gasteiger partial charge in [0.1, 0.15) is 23.9 Å². The number of nitrogens with zero attached hydrogens (tertiary/aromatic N) is 2. The van der Waals surface area contributed by atoms with E-state index in [0.29, 0.717) is 54.2 Å². The summed E-state index contributed by atoms with van der Waals surface area (Å²) in [5, 5.41) is 21.9. The van der Waals surface area contributed by atoms with Crippen molar-refractivity contribution in [3.05, 3.63) is 47.5 Å². The van der Waals surface area contributed by atoms with Crippen molar-refractivity contribution in [1.82, 2.24) is 21.0 Å². The molecule has 2 unspecified atom stereocenters.